The lowest BCUT2D eigenvalue weighted by atomic mass is 9.61. The van der Waals surface area contributed by atoms with Gasteiger partial charge in [0.05, 0.1) is 143 Å². The van der Waals surface area contributed by atoms with Gasteiger partial charge in [0, 0.05) is 59.4 Å². The van der Waals surface area contributed by atoms with E-state index in [0.717, 1.165) is 98.5 Å². The van der Waals surface area contributed by atoms with Crippen molar-refractivity contribution >= 4 is 143 Å². The van der Waals surface area contributed by atoms with Crippen molar-refractivity contribution in [2.45, 2.75) is 242 Å². The summed E-state index contributed by atoms with van der Waals surface area (Å²) in [5, 5.41) is 23.4. The Hall–Kier alpha value is -4.45. The van der Waals surface area contributed by atoms with E-state index in [4.69, 9.17) is 97.4 Å². The molecule has 0 radical (unpaired) electrons. The Kier molecular flexibility index (Phi) is 23.4. The van der Waals surface area contributed by atoms with Crippen LogP contribution in [-0.2, 0) is 93.3 Å². The molecular formula is C83H108Cl4N4O21S5. The zero-order valence-electron chi connectivity index (χ0n) is 68.9. The molecule has 6 saturated carbocycles. The number of aromatic hydroxyl groups is 1. The van der Waals surface area contributed by atoms with Gasteiger partial charge in [-0.1, -0.05) is 129 Å². The number of halogens is 4. The zero-order valence-corrected chi connectivity index (χ0v) is 76.1. The molecule has 6 aliphatic heterocycles. The minimum atomic E-state index is -3.89. The van der Waals surface area contributed by atoms with E-state index in [1.165, 1.54) is 25.0 Å². The van der Waals surface area contributed by atoms with Crippen molar-refractivity contribution in [2.24, 2.45) is 37.9 Å². The SMILES string of the molecule is CC(C)(C)C(=O)Nc1ccc(Cl)c(S(=O)(=O)C2(C)CC3(COC3)C2)c1O.CC(C)(C)c1nc2ccc(Cl)c(S(=O)(=O)C3(C)CC4(COC4)C3)c2o1.CC(C)(C)c1nc2ccc(Cl)c(S(=O)(=O)C3CC4(COC4)C3)c2o1.CC(C)(C)c1nc2ccc(Cl)c(SC3CC4(COC4)C3)c2o1.CS(=O)(=O)OC1CC2(COC2)C1.OC1CC2(COC2)C1. The maximum atomic E-state index is 13.4. The van der Waals surface area contributed by atoms with Gasteiger partial charge in [-0.15, -0.1) is 11.8 Å². The summed E-state index contributed by atoms with van der Waals surface area (Å²) in [6, 6.07) is 13.3. The van der Waals surface area contributed by atoms with Crippen LogP contribution in [0.1, 0.15) is 192 Å². The molecule has 9 heterocycles. The Labute approximate surface area is 709 Å². The van der Waals surface area contributed by atoms with Crippen molar-refractivity contribution in [3.05, 3.63) is 86.3 Å². The number of phenols is 1. The number of aliphatic hydroxyl groups excluding tert-OH is 1. The highest BCUT2D eigenvalue weighted by Crippen LogP contribution is 2.62. The molecule has 12 aliphatic rings. The van der Waals surface area contributed by atoms with Gasteiger partial charge in [-0.2, -0.15) is 8.42 Å². The molecule has 0 bridgehead atoms. The maximum Gasteiger partial charge on any atom is 0.264 e. The first-order valence-corrected chi connectivity index (χ1v) is 48.3. The summed E-state index contributed by atoms with van der Waals surface area (Å²) in [7, 11) is -14.4. The number of amides is 1. The number of carbonyl (C=O) groups excluding carboxylic acids is 1. The highest BCUT2D eigenvalue weighted by molar-refractivity contribution is 8.00. The standard InChI is InChI=1S/C18H24ClNO5S.C18H22ClNO4S.C17H20ClNO4S.C17H20ClNO2S.C7H12O4S.C6H10O2/c1-16(2,3)15(22)20-12-6-5-11(19)14(13(12)21)26(23,24)17(4)7-18(8-17)9-25-10-18;1-16(2,3)15-20-12-6-5-11(19)14(13(12)24-15)25(21,22)17(4)7-18(8-17)9-23-10-18;1-16(2,3)15-19-12-5-4-11(18)14(13(12)23-15)24(20,21)10-6-17(7-10)8-22-9-17;1-16(2,3)15-19-12-5-4-11(18)14(13(12)21-15)22-10-6-17(7-10)8-20-9-17;1-12(8,9)11-6-2-7(3-6)4-10-5-7;7-5-1-6(2-5)3-8-4-6/h5-6,21H,7-10H2,1-4H3,(H,20,22);5-6H,7-10H2,1-4H3;4-5,10H,6-9H2,1-3H3;4-5,10H,6-9H2,1-3H3;6H,2-5H2,1H3;5,7H,1-4H2. The summed E-state index contributed by atoms with van der Waals surface area (Å²) in [4.78, 5) is 26.7. The number of phenolic OH excluding ortho intramolecular Hbond substituents is 1. The number of sulfone groups is 3. The average molecular weight is 1800 g/mol. The number of hydrogen-bond donors (Lipinski definition) is 3. The van der Waals surface area contributed by atoms with E-state index < -0.39 is 65.5 Å². The predicted octanol–water partition coefficient (Wildman–Crippen LogP) is 16.6. The Morgan fingerprint density at radius 2 is 0.812 bits per heavy atom. The fourth-order valence-electron chi connectivity index (χ4n) is 17.9. The number of aliphatic hydroxyl groups is 1. The summed E-state index contributed by atoms with van der Waals surface area (Å²) in [5.74, 6) is 0.933. The largest absolute Gasteiger partial charge is 0.504 e. The molecule has 0 atom stereocenters. The highest BCUT2D eigenvalue weighted by Gasteiger charge is 2.65. The Balaban J connectivity index is 0.000000119. The van der Waals surface area contributed by atoms with E-state index in [0.29, 0.717) is 117 Å². The lowest BCUT2D eigenvalue weighted by Crippen LogP contribution is -2.62. The zero-order chi connectivity index (χ0) is 85.1. The van der Waals surface area contributed by atoms with E-state index in [9.17, 15) is 43.6 Å². The van der Waals surface area contributed by atoms with Gasteiger partial charge in [0.1, 0.15) is 31.2 Å². The number of aromatic nitrogens is 3. The molecule has 3 aromatic heterocycles. The molecule has 6 spiro atoms. The van der Waals surface area contributed by atoms with Gasteiger partial charge in [0.25, 0.3) is 10.1 Å². The van der Waals surface area contributed by atoms with Crippen molar-refractivity contribution < 1.29 is 94.5 Å². The minimum absolute atomic E-state index is 0.0149. The predicted molar refractivity (Wildman–Crippen MR) is 447 cm³/mol. The van der Waals surface area contributed by atoms with Crippen molar-refractivity contribution in [1.82, 2.24) is 15.0 Å². The van der Waals surface area contributed by atoms with Gasteiger partial charge in [-0.3, -0.25) is 8.98 Å². The van der Waals surface area contributed by atoms with Crippen LogP contribution in [0.4, 0.5) is 5.69 Å². The Morgan fingerprint density at radius 3 is 1.19 bits per heavy atom. The van der Waals surface area contributed by atoms with E-state index in [-0.39, 0.29) is 103 Å². The molecule has 12 fully saturated rings. The van der Waals surface area contributed by atoms with Crippen LogP contribution < -0.4 is 5.32 Å². The van der Waals surface area contributed by atoms with Crippen LogP contribution in [0.3, 0.4) is 0 Å². The first kappa shape index (κ1) is 88.8. The smallest absolute Gasteiger partial charge is 0.264 e. The second-order valence-electron chi connectivity index (χ2n) is 40.1. The molecule has 0 unspecified atom stereocenters. The minimum Gasteiger partial charge on any atom is -0.504 e. The lowest BCUT2D eigenvalue weighted by molar-refractivity contribution is -0.197. The van der Waals surface area contributed by atoms with Gasteiger partial charge in [0.2, 0.25) is 23.6 Å². The number of thioether (sulfide) groups is 1. The molecule has 644 valence electrons. The number of anilines is 1. The number of ether oxygens (including phenoxy) is 6. The molecule has 1 amide bonds. The number of nitrogens with zero attached hydrogens (tertiary/aromatic N) is 3. The number of fused-ring (bicyclic) bond motifs is 3. The molecule has 34 heteroatoms. The number of oxazole rings is 3. The van der Waals surface area contributed by atoms with E-state index >= 15 is 0 Å². The third kappa shape index (κ3) is 17.3. The van der Waals surface area contributed by atoms with Crippen molar-refractivity contribution in [3.63, 3.8) is 0 Å². The van der Waals surface area contributed by atoms with Crippen LogP contribution in [0.25, 0.3) is 33.3 Å². The fraction of sp³-hybridized carbons (Fsp3) is 0.663. The molecular weight excluding hydrogens is 1690 g/mol. The van der Waals surface area contributed by atoms with Crippen LogP contribution in [0.2, 0.25) is 20.1 Å². The van der Waals surface area contributed by atoms with Crippen molar-refractivity contribution in [3.8, 4) is 5.75 Å². The lowest BCUT2D eigenvalue weighted by Gasteiger charge is -2.58. The second kappa shape index (κ2) is 30.8. The number of nitrogens with one attached hydrogen (secondary N) is 1. The molecule has 25 nitrogen and oxygen atoms in total. The fourth-order valence-corrected chi connectivity index (χ4v) is 28.4. The van der Waals surface area contributed by atoms with Gasteiger partial charge in [-0.25, -0.2) is 40.2 Å². The molecule has 6 saturated heterocycles. The third-order valence-electron chi connectivity index (χ3n) is 24.7. The first-order valence-electron chi connectivity index (χ1n) is 39.6. The molecule has 7 aromatic rings. The summed E-state index contributed by atoms with van der Waals surface area (Å²) < 4.78 is 153. The van der Waals surface area contributed by atoms with E-state index in [1.54, 1.807) is 58.9 Å². The van der Waals surface area contributed by atoms with Crippen LogP contribution in [0.5, 0.6) is 5.75 Å². The summed E-state index contributed by atoms with van der Waals surface area (Å²) >= 11 is 27.0. The van der Waals surface area contributed by atoms with Crippen LogP contribution in [0.15, 0.2) is 81.4 Å². The topological polar surface area (TPSA) is 349 Å². The highest BCUT2D eigenvalue weighted by atomic mass is 35.5. The van der Waals surface area contributed by atoms with Gasteiger partial charge >= 0.3 is 0 Å². The average Bonchev–Trinajstić information content (AvgIpc) is 1.42. The van der Waals surface area contributed by atoms with Crippen LogP contribution >= 0.6 is 58.2 Å². The summed E-state index contributed by atoms with van der Waals surface area (Å²) in [6.07, 6.45) is 10.4. The molecule has 6 aliphatic carbocycles. The van der Waals surface area contributed by atoms with Crippen LogP contribution in [0, 0.1) is 37.9 Å². The van der Waals surface area contributed by atoms with Gasteiger partial charge < -0.3 is 57.2 Å². The number of rotatable bonds is 11. The quantitative estimate of drug-likeness (QED) is 0.0800. The van der Waals surface area contributed by atoms with Crippen LogP contribution in [-0.4, -0.2) is 182 Å². The normalized spacial score (nSPS) is 25.5. The second-order valence-corrected chi connectivity index (χ2v) is 51.7. The molecule has 4 aromatic carbocycles. The Morgan fingerprint density at radius 1 is 0.470 bits per heavy atom. The molecule has 3 N–H and O–H groups in total. The van der Waals surface area contributed by atoms with Crippen molar-refractivity contribution in [2.75, 3.05) is 90.9 Å². The third-order valence-corrected chi connectivity index (χ3v) is 35.6. The maximum absolute atomic E-state index is 13.4. The van der Waals surface area contributed by atoms with Crippen molar-refractivity contribution in [1.29, 1.82) is 0 Å². The summed E-state index contributed by atoms with van der Waals surface area (Å²) in [6.45, 7) is 35.7. The summed E-state index contributed by atoms with van der Waals surface area (Å²) in [5.41, 5.74) is 3.17. The van der Waals surface area contributed by atoms with Gasteiger partial charge in [-0.05, 0) is 139 Å². The number of benzene rings is 4. The number of hydrogen-bond acceptors (Lipinski definition) is 25. The van der Waals surface area contributed by atoms with E-state index in [1.807, 2.05) is 65.4 Å². The van der Waals surface area contributed by atoms with Gasteiger partial charge in [0.15, 0.2) is 52.0 Å². The number of carbonyl (C=O) groups is 1. The first-order chi connectivity index (χ1) is 54.1. The monoisotopic (exact) mass is 1800 g/mol. The van der Waals surface area contributed by atoms with E-state index in [2.05, 4.69) is 41.0 Å². The molecule has 117 heavy (non-hydrogen) atoms. The molecule has 19 rings (SSSR count). The Bertz CT molecular complexity index is 5450.